The summed E-state index contributed by atoms with van der Waals surface area (Å²) in [5.41, 5.74) is 0.400. The highest BCUT2D eigenvalue weighted by molar-refractivity contribution is 5.88. The fourth-order valence-electron chi connectivity index (χ4n) is 3.04. The maximum atomic E-state index is 11.3. The van der Waals surface area contributed by atoms with Gasteiger partial charge in [-0.1, -0.05) is 32.4 Å². The van der Waals surface area contributed by atoms with Crippen LogP contribution in [0.25, 0.3) is 11.4 Å². The Balaban J connectivity index is 2.45. The number of aryl methyl sites for hydroxylation is 1. The summed E-state index contributed by atoms with van der Waals surface area (Å²) >= 11 is 0. The molecule has 0 radical (unpaired) electrons. The van der Waals surface area contributed by atoms with E-state index in [-0.39, 0.29) is 29.2 Å². The number of nitriles is 1. The fourth-order valence-corrected chi connectivity index (χ4v) is 3.04. The Kier molecular flexibility index (Phi) is 6.83. The molecule has 2 N–H and O–H groups in total. The van der Waals surface area contributed by atoms with Gasteiger partial charge in [-0.2, -0.15) is 9.99 Å². The van der Waals surface area contributed by atoms with Crippen LogP contribution in [-0.4, -0.2) is 32.1 Å². The number of imidazole rings is 1. The van der Waals surface area contributed by atoms with Crippen LogP contribution in [0.15, 0.2) is 24.3 Å². The van der Waals surface area contributed by atoms with Crippen molar-refractivity contribution in [3.05, 3.63) is 35.7 Å². The first-order chi connectivity index (χ1) is 12.9. The average molecular weight is 371 g/mol. The molecule has 0 saturated carbocycles. The first kappa shape index (κ1) is 20.3. The van der Waals surface area contributed by atoms with E-state index in [9.17, 15) is 20.4 Å². The third-order valence-electron chi connectivity index (χ3n) is 4.53. The lowest BCUT2D eigenvalue weighted by Crippen LogP contribution is -2.26. The lowest BCUT2D eigenvalue weighted by atomic mass is 9.96. The maximum absolute atomic E-state index is 11.3. The summed E-state index contributed by atoms with van der Waals surface area (Å²) in [5, 5.41) is 29.0. The topological polar surface area (TPSA) is 108 Å². The number of rotatable bonds is 9. The van der Waals surface area contributed by atoms with E-state index in [4.69, 9.17) is 4.74 Å². The summed E-state index contributed by atoms with van der Waals surface area (Å²) in [6.45, 7) is 5.55. The highest BCUT2D eigenvalue weighted by Crippen LogP contribution is 2.32. The molecule has 0 aliphatic heterocycles. The van der Waals surface area contributed by atoms with Crippen molar-refractivity contribution in [3.8, 4) is 23.2 Å². The average Bonchev–Trinajstić information content (AvgIpc) is 2.95. The molecule has 2 atom stereocenters. The van der Waals surface area contributed by atoms with Crippen LogP contribution in [0.4, 0.5) is 0 Å². The molecule has 0 amide bonds. The van der Waals surface area contributed by atoms with Crippen LogP contribution >= 0.6 is 0 Å². The molecule has 2 unspecified atom stereocenters. The normalized spacial score (nSPS) is 13.0. The van der Waals surface area contributed by atoms with Gasteiger partial charge in [0.05, 0.1) is 23.2 Å². The third kappa shape index (κ3) is 4.40. The minimum absolute atomic E-state index is 0.0970. The fraction of sp³-hybridized carbons (Fsp3) is 0.450. The molecule has 0 bridgehead atoms. The van der Waals surface area contributed by atoms with E-state index in [0.717, 1.165) is 19.3 Å². The highest BCUT2D eigenvalue weighted by Gasteiger charge is 2.26. The van der Waals surface area contributed by atoms with Crippen LogP contribution in [0.2, 0.25) is 0 Å². The second kappa shape index (κ2) is 9.08. The highest BCUT2D eigenvalue weighted by atomic mass is 16.5. The number of carbonyl (C=O) groups is 1. The van der Waals surface area contributed by atoms with Crippen molar-refractivity contribution in [1.29, 1.82) is 5.26 Å². The smallest absolute Gasteiger partial charge is 0.357 e. The van der Waals surface area contributed by atoms with Crippen LogP contribution in [0.5, 0.6) is 5.75 Å². The van der Waals surface area contributed by atoms with Gasteiger partial charge in [0.15, 0.2) is 11.5 Å². The van der Waals surface area contributed by atoms with Gasteiger partial charge in [0, 0.05) is 0 Å². The first-order valence-corrected chi connectivity index (χ1v) is 9.12. The van der Waals surface area contributed by atoms with E-state index in [1.807, 2.05) is 6.92 Å². The lowest BCUT2D eigenvalue weighted by Gasteiger charge is -2.24. The number of para-hydroxylation sites is 1. The van der Waals surface area contributed by atoms with E-state index in [0.29, 0.717) is 22.5 Å². The number of carboxylic acid groups (broad SMARTS) is 1. The zero-order valence-corrected chi connectivity index (χ0v) is 15.8. The van der Waals surface area contributed by atoms with E-state index in [1.165, 1.54) is 6.92 Å². The third-order valence-corrected chi connectivity index (χ3v) is 4.53. The Bertz CT molecular complexity index is 838. The summed E-state index contributed by atoms with van der Waals surface area (Å²) in [5.74, 6) is -0.956. The molecule has 144 valence electrons. The van der Waals surface area contributed by atoms with Gasteiger partial charge >= 0.3 is 5.97 Å². The Morgan fingerprint density at radius 2 is 2.07 bits per heavy atom. The number of benzene rings is 1. The quantitative estimate of drug-likeness (QED) is 0.637. The van der Waals surface area contributed by atoms with Gasteiger partial charge in [-0.3, -0.25) is 0 Å². The Hall–Kier alpha value is -3.01. The number of ether oxygens (including phenoxy) is 1. The van der Waals surface area contributed by atoms with E-state index in [2.05, 4.69) is 18.0 Å². The molecule has 27 heavy (non-hydrogen) atoms. The number of aromatic carboxylic acids is 1. The van der Waals surface area contributed by atoms with Crippen molar-refractivity contribution in [2.45, 2.75) is 52.6 Å². The number of unbranched alkanes of at least 4 members (excludes halogenated alkanes) is 1. The molecule has 0 saturated heterocycles. The minimum Gasteiger partial charge on any atom is -0.488 e. The number of hydrogen-bond donors (Lipinski definition) is 2. The number of hydrogen-bond acceptors (Lipinski definition) is 5. The van der Waals surface area contributed by atoms with Gasteiger partial charge in [0.2, 0.25) is 0 Å². The Morgan fingerprint density at radius 1 is 1.37 bits per heavy atom. The van der Waals surface area contributed by atoms with E-state index < -0.39 is 5.97 Å². The molecule has 0 fully saturated rings. The van der Waals surface area contributed by atoms with Crippen LogP contribution in [0, 0.1) is 24.2 Å². The van der Waals surface area contributed by atoms with Crippen molar-refractivity contribution in [3.63, 3.8) is 0 Å². The predicted molar refractivity (Wildman–Crippen MR) is 99.9 cm³/mol. The van der Waals surface area contributed by atoms with E-state index >= 15 is 0 Å². The van der Waals surface area contributed by atoms with Crippen molar-refractivity contribution >= 4 is 5.97 Å². The molecular formula is C20H25N3O4. The standard InChI is InChI=1S/C20H25N3O4/c1-4-6-10-16(14(5-2)12-21)27-17-11-8-7-9-15(17)19-22-13(3)18(20(24)25)23(19)26/h7-9,11,14,16,26H,4-6,10H2,1-3H3,(H,24,25). The summed E-state index contributed by atoms with van der Waals surface area (Å²) in [4.78, 5) is 15.6. The predicted octanol–water partition coefficient (Wildman–Crippen LogP) is 4.28. The molecule has 2 rings (SSSR count). The molecule has 1 heterocycles. The molecule has 1 aromatic heterocycles. The molecular weight excluding hydrogens is 346 g/mol. The van der Waals surface area contributed by atoms with Crippen molar-refractivity contribution in [2.75, 3.05) is 0 Å². The number of nitrogens with zero attached hydrogens (tertiary/aromatic N) is 3. The maximum Gasteiger partial charge on any atom is 0.357 e. The molecule has 0 aliphatic rings. The monoisotopic (exact) mass is 371 g/mol. The largest absolute Gasteiger partial charge is 0.488 e. The van der Waals surface area contributed by atoms with Gasteiger partial charge in [0.1, 0.15) is 11.9 Å². The Labute approximate surface area is 158 Å². The second-order valence-corrected chi connectivity index (χ2v) is 6.42. The van der Waals surface area contributed by atoms with Gasteiger partial charge in [-0.05, 0) is 38.3 Å². The number of carboxylic acids is 1. The van der Waals surface area contributed by atoms with Crippen molar-refractivity contribution in [2.24, 2.45) is 5.92 Å². The van der Waals surface area contributed by atoms with Gasteiger partial charge in [0.25, 0.3) is 0 Å². The Morgan fingerprint density at radius 3 is 2.63 bits per heavy atom. The minimum atomic E-state index is -1.26. The van der Waals surface area contributed by atoms with E-state index in [1.54, 1.807) is 24.3 Å². The first-order valence-electron chi connectivity index (χ1n) is 9.12. The van der Waals surface area contributed by atoms with Gasteiger partial charge in [-0.25, -0.2) is 9.78 Å². The molecule has 1 aromatic carbocycles. The molecule has 2 aromatic rings. The summed E-state index contributed by atoms with van der Waals surface area (Å²) in [7, 11) is 0. The van der Waals surface area contributed by atoms with Crippen LogP contribution in [0.3, 0.4) is 0 Å². The van der Waals surface area contributed by atoms with Gasteiger partial charge in [-0.15, -0.1) is 0 Å². The second-order valence-electron chi connectivity index (χ2n) is 6.42. The van der Waals surface area contributed by atoms with Crippen LogP contribution in [-0.2, 0) is 0 Å². The van der Waals surface area contributed by atoms with Crippen molar-refractivity contribution < 1.29 is 19.8 Å². The summed E-state index contributed by atoms with van der Waals surface area (Å²) in [6.07, 6.45) is 3.05. The molecule has 0 spiro atoms. The zero-order valence-electron chi connectivity index (χ0n) is 15.8. The van der Waals surface area contributed by atoms with Gasteiger partial charge < -0.3 is 15.1 Å². The van der Waals surface area contributed by atoms with Crippen LogP contribution < -0.4 is 4.74 Å². The molecule has 7 nitrogen and oxygen atoms in total. The zero-order chi connectivity index (χ0) is 20.0. The number of aromatic nitrogens is 2. The SMILES string of the molecule is CCCCC(Oc1ccccc1-c1nc(C)c(C(=O)O)n1O)C(C#N)CC. The lowest BCUT2D eigenvalue weighted by molar-refractivity contribution is 0.0645. The van der Waals surface area contributed by atoms with Crippen molar-refractivity contribution in [1.82, 2.24) is 9.71 Å². The molecule has 7 heteroatoms. The van der Waals surface area contributed by atoms with Crippen LogP contribution in [0.1, 0.15) is 55.7 Å². The molecule has 0 aliphatic carbocycles. The summed E-state index contributed by atoms with van der Waals surface area (Å²) in [6, 6.07) is 9.30. The summed E-state index contributed by atoms with van der Waals surface area (Å²) < 4.78 is 6.75.